The Hall–Kier alpha value is -0.160. The molecule has 1 atom stereocenters. The predicted octanol–water partition coefficient (Wildman–Crippen LogP) is 1.01. The smallest absolute Gasteiger partial charge is 0.0472 e. The molecule has 18 heavy (non-hydrogen) atoms. The first-order chi connectivity index (χ1) is 8.53. The van der Waals surface area contributed by atoms with Crippen LogP contribution < -0.4 is 5.73 Å². The van der Waals surface area contributed by atoms with Crippen molar-refractivity contribution in [3.63, 3.8) is 0 Å². The molecule has 1 rings (SSSR count). The molecular formula is C14H31N3O. The maximum Gasteiger partial charge on any atom is 0.0472 e. The lowest BCUT2D eigenvalue weighted by Gasteiger charge is -2.42. The Morgan fingerprint density at radius 1 is 1.28 bits per heavy atom. The highest BCUT2D eigenvalue weighted by molar-refractivity contribution is 4.87. The summed E-state index contributed by atoms with van der Waals surface area (Å²) in [5, 5.41) is 0. The molecule has 0 spiro atoms. The Labute approximate surface area is 112 Å². The second kappa shape index (κ2) is 7.43. The van der Waals surface area contributed by atoms with Gasteiger partial charge in [0.25, 0.3) is 0 Å². The molecule has 108 valence electrons. The molecule has 1 unspecified atom stereocenters. The minimum Gasteiger partial charge on any atom is -0.381 e. The zero-order valence-corrected chi connectivity index (χ0v) is 12.6. The third-order valence-corrected chi connectivity index (χ3v) is 4.18. The van der Waals surface area contributed by atoms with Crippen molar-refractivity contribution >= 4 is 0 Å². The van der Waals surface area contributed by atoms with Gasteiger partial charge in [0, 0.05) is 32.3 Å². The molecular weight excluding hydrogens is 226 g/mol. The maximum atomic E-state index is 6.05. The van der Waals surface area contributed by atoms with Crippen LogP contribution in [0.4, 0.5) is 0 Å². The van der Waals surface area contributed by atoms with Crippen molar-refractivity contribution < 1.29 is 4.74 Å². The summed E-state index contributed by atoms with van der Waals surface area (Å²) in [6.07, 6.45) is 2.21. The molecule has 0 aliphatic carbocycles. The van der Waals surface area contributed by atoms with Gasteiger partial charge < -0.3 is 15.4 Å². The van der Waals surface area contributed by atoms with Crippen LogP contribution in [-0.2, 0) is 4.74 Å². The zero-order chi connectivity index (χ0) is 13.6. The normalized spacial score (nSPS) is 21.5. The number of nitrogens with zero attached hydrogens (tertiary/aromatic N) is 2. The lowest BCUT2D eigenvalue weighted by Crippen LogP contribution is -2.50. The highest BCUT2D eigenvalue weighted by atomic mass is 16.5. The molecule has 0 aromatic heterocycles. The van der Waals surface area contributed by atoms with Gasteiger partial charge in [0.15, 0.2) is 0 Å². The van der Waals surface area contributed by atoms with Crippen molar-refractivity contribution in [1.82, 2.24) is 9.80 Å². The average molecular weight is 257 g/mol. The van der Waals surface area contributed by atoms with Gasteiger partial charge in [0.05, 0.1) is 0 Å². The summed E-state index contributed by atoms with van der Waals surface area (Å²) in [5.41, 5.74) is 6.32. The van der Waals surface area contributed by atoms with Crippen LogP contribution in [0.2, 0.25) is 0 Å². The fourth-order valence-corrected chi connectivity index (χ4v) is 2.89. The number of likely N-dealkylation sites (N-methyl/N-ethyl adjacent to an activating group) is 2. The van der Waals surface area contributed by atoms with Gasteiger partial charge in [-0.25, -0.2) is 0 Å². The Bertz CT molecular complexity index is 227. The molecule has 4 nitrogen and oxygen atoms in total. The van der Waals surface area contributed by atoms with Crippen LogP contribution in [-0.4, -0.2) is 69.3 Å². The first-order valence-electron chi connectivity index (χ1n) is 7.19. The van der Waals surface area contributed by atoms with E-state index in [1.165, 1.54) is 0 Å². The Morgan fingerprint density at radius 2 is 1.89 bits per heavy atom. The summed E-state index contributed by atoms with van der Waals surface area (Å²) >= 11 is 0. The summed E-state index contributed by atoms with van der Waals surface area (Å²) in [4.78, 5) is 4.82. The first-order valence-corrected chi connectivity index (χ1v) is 7.19. The van der Waals surface area contributed by atoms with E-state index in [4.69, 9.17) is 10.5 Å². The van der Waals surface area contributed by atoms with Crippen molar-refractivity contribution in [2.75, 3.05) is 53.5 Å². The Kier molecular flexibility index (Phi) is 6.57. The highest BCUT2D eigenvalue weighted by Gasteiger charge is 2.33. The van der Waals surface area contributed by atoms with Gasteiger partial charge in [-0.2, -0.15) is 0 Å². The topological polar surface area (TPSA) is 41.7 Å². The molecule has 0 amide bonds. The number of ether oxygens (including phenoxy) is 1. The van der Waals surface area contributed by atoms with Crippen LogP contribution >= 0.6 is 0 Å². The lowest BCUT2D eigenvalue weighted by molar-refractivity contribution is -0.00715. The monoisotopic (exact) mass is 257 g/mol. The van der Waals surface area contributed by atoms with Gasteiger partial charge in [-0.1, -0.05) is 6.92 Å². The SMILES string of the molecule is CCN(CC1(CN)CCOCC1)C(C)CN(C)C. The van der Waals surface area contributed by atoms with E-state index >= 15 is 0 Å². The average Bonchev–Trinajstić information content (AvgIpc) is 2.36. The summed E-state index contributed by atoms with van der Waals surface area (Å²) in [6, 6.07) is 0.580. The summed E-state index contributed by atoms with van der Waals surface area (Å²) < 4.78 is 5.48. The lowest BCUT2D eigenvalue weighted by atomic mass is 9.79. The number of hydrogen-bond acceptors (Lipinski definition) is 4. The molecule has 1 fully saturated rings. The summed E-state index contributed by atoms with van der Waals surface area (Å²) in [5.74, 6) is 0. The van der Waals surface area contributed by atoms with Crippen LogP contribution in [0.15, 0.2) is 0 Å². The van der Waals surface area contributed by atoms with E-state index in [0.717, 1.165) is 52.2 Å². The van der Waals surface area contributed by atoms with Crippen molar-refractivity contribution in [1.29, 1.82) is 0 Å². The van der Waals surface area contributed by atoms with Gasteiger partial charge >= 0.3 is 0 Å². The van der Waals surface area contributed by atoms with Crippen molar-refractivity contribution in [2.24, 2.45) is 11.1 Å². The van der Waals surface area contributed by atoms with E-state index in [2.05, 4.69) is 37.7 Å². The zero-order valence-electron chi connectivity index (χ0n) is 12.6. The molecule has 1 heterocycles. The van der Waals surface area contributed by atoms with Crippen LogP contribution in [0, 0.1) is 5.41 Å². The second-order valence-electron chi connectivity index (χ2n) is 5.99. The van der Waals surface area contributed by atoms with E-state index in [1.807, 2.05) is 0 Å². The highest BCUT2D eigenvalue weighted by Crippen LogP contribution is 2.30. The molecule has 1 aliphatic rings. The van der Waals surface area contributed by atoms with Crippen LogP contribution in [0.25, 0.3) is 0 Å². The molecule has 0 aromatic rings. The molecule has 0 radical (unpaired) electrons. The van der Waals surface area contributed by atoms with E-state index in [9.17, 15) is 0 Å². The molecule has 2 N–H and O–H groups in total. The van der Waals surface area contributed by atoms with Crippen LogP contribution in [0.1, 0.15) is 26.7 Å². The quantitative estimate of drug-likeness (QED) is 0.739. The predicted molar refractivity (Wildman–Crippen MR) is 76.8 cm³/mol. The first kappa shape index (κ1) is 15.9. The Morgan fingerprint density at radius 3 is 2.33 bits per heavy atom. The third-order valence-electron chi connectivity index (χ3n) is 4.18. The van der Waals surface area contributed by atoms with Gasteiger partial charge in [0.1, 0.15) is 0 Å². The molecule has 0 saturated carbocycles. The largest absolute Gasteiger partial charge is 0.381 e. The van der Waals surface area contributed by atoms with Crippen LogP contribution in [0.5, 0.6) is 0 Å². The molecule has 1 saturated heterocycles. The molecule has 4 heteroatoms. The van der Waals surface area contributed by atoms with Gasteiger partial charge in [-0.15, -0.1) is 0 Å². The van der Waals surface area contributed by atoms with Gasteiger partial charge in [-0.3, -0.25) is 4.90 Å². The van der Waals surface area contributed by atoms with E-state index < -0.39 is 0 Å². The minimum atomic E-state index is 0.273. The van der Waals surface area contributed by atoms with E-state index in [-0.39, 0.29) is 5.41 Å². The van der Waals surface area contributed by atoms with Gasteiger partial charge in [-0.05, 0) is 52.4 Å². The summed E-state index contributed by atoms with van der Waals surface area (Å²) in [6.45, 7) is 10.4. The molecule has 0 aromatic carbocycles. The van der Waals surface area contributed by atoms with Crippen molar-refractivity contribution in [3.05, 3.63) is 0 Å². The Balaban J connectivity index is 2.59. The fraction of sp³-hybridized carbons (Fsp3) is 1.00. The molecule has 0 bridgehead atoms. The van der Waals surface area contributed by atoms with Crippen molar-refractivity contribution in [2.45, 2.75) is 32.7 Å². The number of nitrogens with two attached hydrogens (primary N) is 1. The molecule has 1 aliphatic heterocycles. The number of rotatable bonds is 7. The van der Waals surface area contributed by atoms with Gasteiger partial charge in [0.2, 0.25) is 0 Å². The van der Waals surface area contributed by atoms with E-state index in [1.54, 1.807) is 0 Å². The maximum absolute atomic E-state index is 6.05. The van der Waals surface area contributed by atoms with Crippen molar-refractivity contribution in [3.8, 4) is 0 Å². The minimum absolute atomic E-state index is 0.273. The second-order valence-corrected chi connectivity index (χ2v) is 5.99. The standard InChI is InChI=1S/C14H31N3O/c1-5-17(13(2)10-16(3)4)12-14(11-15)6-8-18-9-7-14/h13H,5-12,15H2,1-4H3. The van der Waals surface area contributed by atoms with Crippen LogP contribution in [0.3, 0.4) is 0 Å². The van der Waals surface area contributed by atoms with E-state index in [0.29, 0.717) is 6.04 Å². The third kappa shape index (κ3) is 4.50. The summed E-state index contributed by atoms with van der Waals surface area (Å²) in [7, 11) is 4.27. The number of hydrogen-bond donors (Lipinski definition) is 1. The fourth-order valence-electron chi connectivity index (χ4n) is 2.89.